The Morgan fingerprint density at radius 3 is 2.79 bits per heavy atom. The monoisotopic (exact) mass is 399 g/mol. The van der Waals surface area contributed by atoms with Gasteiger partial charge >= 0.3 is 0 Å². The molecule has 1 aromatic carbocycles. The van der Waals surface area contributed by atoms with Crippen LogP contribution in [0.15, 0.2) is 18.2 Å². The normalized spacial score (nSPS) is 26.3. The third-order valence-electron chi connectivity index (χ3n) is 6.43. The van der Waals surface area contributed by atoms with E-state index in [0.717, 1.165) is 30.8 Å². The SMILES string of the molecule is CCN1CCCC[C@H]1C(C)Oc1ccc2c(c1)CN(C1CCC(=O)NC1=O)C2=O. The van der Waals surface area contributed by atoms with Crippen molar-refractivity contribution < 1.29 is 19.1 Å². The Hall–Kier alpha value is -2.41. The van der Waals surface area contributed by atoms with E-state index < -0.39 is 6.04 Å². The quantitative estimate of drug-likeness (QED) is 0.767. The van der Waals surface area contributed by atoms with Crippen molar-refractivity contribution in [3.8, 4) is 5.75 Å². The molecule has 0 saturated carbocycles. The first kappa shape index (κ1) is 19.9. The van der Waals surface area contributed by atoms with Crippen LogP contribution in [0.5, 0.6) is 5.75 Å². The van der Waals surface area contributed by atoms with E-state index >= 15 is 0 Å². The van der Waals surface area contributed by atoms with Crippen LogP contribution >= 0.6 is 0 Å². The molecule has 0 spiro atoms. The highest BCUT2D eigenvalue weighted by Crippen LogP contribution is 2.31. The van der Waals surface area contributed by atoms with Crippen LogP contribution in [0.25, 0.3) is 0 Å². The zero-order valence-electron chi connectivity index (χ0n) is 17.1. The lowest BCUT2D eigenvalue weighted by Gasteiger charge is -2.38. The van der Waals surface area contributed by atoms with Crippen LogP contribution in [0.3, 0.4) is 0 Å². The van der Waals surface area contributed by atoms with Crippen molar-refractivity contribution in [2.45, 2.75) is 70.7 Å². The van der Waals surface area contributed by atoms with Crippen LogP contribution in [0.4, 0.5) is 0 Å². The first-order valence-corrected chi connectivity index (χ1v) is 10.7. The minimum Gasteiger partial charge on any atom is -0.489 e. The van der Waals surface area contributed by atoms with Crippen molar-refractivity contribution in [3.63, 3.8) is 0 Å². The van der Waals surface area contributed by atoms with Crippen molar-refractivity contribution in [2.24, 2.45) is 0 Å². The van der Waals surface area contributed by atoms with Gasteiger partial charge in [0.25, 0.3) is 5.91 Å². The molecule has 0 radical (unpaired) electrons. The second kappa shape index (κ2) is 8.14. The highest BCUT2D eigenvalue weighted by atomic mass is 16.5. The molecule has 4 rings (SSSR count). The third-order valence-corrected chi connectivity index (χ3v) is 6.43. The number of fused-ring (bicyclic) bond motifs is 1. The van der Waals surface area contributed by atoms with Crippen LogP contribution in [0.2, 0.25) is 0 Å². The number of carbonyl (C=O) groups excluding carboxylic acids is 3. The molecule has 1 aromatic rings. The fraction of sp³-hybridized carbons (Fsp3) is 0.591. The van der Waals surface area contributed by atoms with E-state index in [1.807, 2.05) is 12.1 Å². The number of nitrogens with one attached hydrogen (secondary N) is 1. The molecule has 3 aliphatic rings. The van der Waals surface area contributed by atoms with Gasteiger partial charge in [-0.25, -0.2) is 0 Å². The van der Waals surface area contributed by atoms with Gasteiger partial charge in [-0.05, 0) is 63.0 Å². The molecule has 0 aromatic heterocycles. The number of benzene rings is 1. The van der Waals surface area contributed by atoms with Gasteiger partial charge in [0.05, 0.1) is 0 Å². The number of amides is 3. The second-order valence-corrected chi connectivity index (χ2v) is 8.23. The van der Waals surface area contributed by atoms with Crippen molar-refractivity contribution in [1.82, 2.24) is 15.1 Å². The largest absolute Gasteiger partial charge is 0.489 e. The van der Waals surface area contributed by atoms with Crippen molar-refractivity contribution in [2.75, 3.05) is 13.1 Å². The fourth-order valence-corrected chi connectivity index (χ4v) is 4.86. The molecule has 2 fully saturated rings. The Labute approximate surface area is 171 Å². The standard InChI is InChI=1S/C22H29N3O4/c1-3-24-11-5-4-6-18(24)14(2)29-16-7-8-17-15(12-16)13-25(22(17)28)19-9-10-20(26)23-21(19)27/h7-8,12,14,18-19H,3-6,9-11,13H2,1-2H3,(H,23,26,27)/t14?,18-,19?/m0/s1. The summed E-state index contributed by atoms with van der Waals surface area (Å²) >= 11 is 0. The van der Waals surface area contributed by atoms with Crippen molar-refractivity contribution >= 4 is 17.7 Å². The Morgan fingerprint density at radius 2 is 2.03 bits per heavy atom. The number of rotatable bonds is 5. The molecule has 156 valence electrons. The molecule has 7 nitrogen and oxygen atoms in total. The predicted molar refractivity (Wildman–Crippen MR) is 107 cm³/mol. The highest BCUT2D eigenvalue weighted by Gasteiger charge is 2.39. The summed E-state index contributed by atoms with van der Waals surface area (Å²) < 4.78 is 6.27. The topological polar surface area (TPSA) is 79.0 Å². The number of carbonyl (C=O) groups is 3. The maximum Gasteiger partial charge on any atom is 0.255 e. The lowest BCUT2D eigenvalue weighted by Crippen LogP contribution is -2.52. The summed E-state index contributed by atoms with van der Waals surface area (Å²) in [5.74, 6) is -0.0530. The van der Waals surface area contributed by atoms with Gasteiger partial charge in [-0.15, -0.1) is 0 Å². The fourth-order valence-electron chi connectivity index (χ4n) is 4.86. The maximum absolute atomic E-state index is 12.8. The lowest BCUT2D eigenvalue weighted by atomic mass is 9.98. The number of likely N-dealkylation sites (N-methyl/N-ethyl adjacent to an activating group) is 1. The molecule has 3 heterocycles. The lowest BCUT2D eigenvalue weighted by molar-refractivity contribution is -0.136. The number of nitrogens with zero attached hydrogens (tertiary/aromatic N) is 2. The summed E-state index contributed by atoms with van der Waals surface area (Å²) in [6.07, 6.45) is 4.32. The smallest absolute Gasteiger partial charge is 0.255 e. The molecule has 2 unspecified atom stereocenters. The number of likely N-dealkylation sites (tertiary alicyclic amines) is 1. The Balaban J connectivity index is 1.46. The van der Waals surface area contributed by atoms with E-state index in [-0.39, 0.29) is 30.2 Å². The summed E-state index contributed by atoms with van der Waals surface area (Å²) in [5.41, 5.74) is 1.49. The first-order valence-electron chi connectivity index (χ1n) is 10.7. The van der Waals surface area contributed by atoms with Gasteiger partial charge in [0, 0.05) is 24.6 Å². The summed E-state index contributed by atoms with van der Waals surface area (Å²) in [5, 5.41) is 2.34. The molecule has 3 aliphatic heterocycles. The maximum atomic E-state index is 12.8. The molecule has 29 heavy (non-hydrogen) atoms. The van der Waals surface area contributed by atoms with E-state index in [9.17, 15) is 14.4 Å². The van der Waals surface area contributed by atoms with Crippen molar-refractivity contribution in [1.29, 1.82) is 0 Å². The Kier molecular flexibility index (Phi) is 5.58. The summed E-state index contributed by atoms with van der Waals surface area (Å²) in [4.78, 5) is 40.4. The second-order valence-electron chi connectivity index (χ2n) is 8.23. The molecular formula is C22H29N3O4. The van der Waals surface area contributed by atoms with Gasteiger partial charge in [0.1, 0.15) is 17.9 Å². The van der Waals surface area contributed by atoms with Gasteiger partial charge in [-0.2, -0.15) is 0 Å². The van der Waals surface area contributed by atoms with E-state index in [1.54, 1.807) is 11.0 Å². The molecular weight excluding hydrogens is 370 g/mol. The van der Waals surface area contributed by atoms with Crippen LogP contribution in [-0.2, 0) is 16.1 Å². The average Bonchev–Trinajstić information content (AvgIpc) is 3.03. The van der Waals surface area contributed by atoms with E-state index in [1.165, 1.54) is 12.8 Å². The number of hydrogen-bond donors (Lipinski definition) is 1. The van der Waals surface area contributed by atoms with Gasteiger partial charge in [-0.1, -0.05) is 13.3 Å². The minimum absolute atomic E-state index is 0.0663. The average molecular weight is 399 g/mol. The summed E-state index contributed by atoms with van der Waals surface area (Å²) in [6, 6.07) is 5.39. The Morgan fingerprint density at radius 1 is 1.21 bits per heavy atom. The molecule has 3 amide bonds. The molecule has 0 bridgehead atoms. The van der Waals surface area contributed by atoms with E-state index in [2.05, 4.69) is 24.1 Å². The van der Waals surface area contributed by atoms with Gasteiger partial charge in [0.2, 0.25) is 11.8 Å². The minimum atomic E-state index is -0.587. The number of imide groups is 1. The highest BCUT2D eigenvalue weighted by molar-refractivity contribution is 6.05. The van der Waals surface area contributed by atoms with Crippen LogP contribution in [-0.4, -0.2) is 58.8 Å². The third kappa shape index (κ3) is 3.88. The number of hydrogen-bond acceptors (Lipinski definition) is 5. The number of piperidine rings is 2. The molecule has 7 heteroatoms. The van der Waals surface area contributed by atoms with Gasteiger partial charge < -0.3 is 9.64 Å². The van der Waals surface area contributed by atoms with Crippen LogP contribution in [0.1, 0.15) is 61.9 Å². The summed E-state index contributed by atoms with van der Waals surface area (Å²) in [7, 11) is 0. The first-order chi connectivity index (χ1) is 14.0. The van der Waals surface area contributed by atoms with Gasteiger partial charge in [0.15, 0.2) is 0 Å². The summed E-state index contributed by atoms with van der Waals surface area (Å²) in [6.45, 7) is 6.82. The predicted octanol–water partition coefficient (Wildman–Crippen LogP) is 2.09. The van der Waals surface area contributed by atoms with Crippen LogP contribution in [0, 0.1) is 0 Å². The van der Waals surface area contributed by atoms with Crippen LogP contribution < -0.4 is 10.1 Å². The Bertz CT molecular complexity index is 824. The number of ether oxygens (including phenoxy) is 1. The van der Waals surface area contributed by atoms with E-state index in [4.69, 9.17) is 4.74 Å². The zero-order valence-corrected chi connectivity index (χ0v) is 17.1. The van der Waals surface area contributed by atoms with E-state index in [0.29, 0.717) is 24.6 Å². The molecule has 0 aliphatic carbocycles. The molecule has 3 atom stereocenters. The zero-order chi connectivity index (χ0) is 20.5. The molecule has 2 saturated heterocycles. The van der Waals surface area contributed by atoms with Crippen molar-refractivity contribution in [3.05, 3.63) is 29.3 Å². The van der Waals surface area contributed by atoms with Gasteiger partial charge in [-0.3, -0.25) is 24.6 Å². The molecule has 1 N–H and O–H groups in total.